The molecule has 0 radical (unpaired) electrons. The van der Waals surface area contributed by atoms with Crippen molar-refractivity contribution < 1.29 is 22.7 Å². The highest BCUT2D eigenvalue weighted by molar-refractivity contribution is 7.99. The lowest BCUT2D eigenvalue weighted by molar-refractivity contribution is 0.0173. The number of ketones is 1. The Labute approximate surface area is 209 Å². The van der Waals surface area contributed by atoms with E-state index >= 15 is 0 Å². The normalized spacial score (nSPS) is 18.9. The minimum absolute atomic E-state index is 0.260. The summed E-state index contributed by atoms with van der Waals surface area (Å²) in [5.41, 5.74) is 0.723. The molecule has 1 fully saturated rings. The van der Waals surface area contributed by atoms with Crippen LogP contribution in [0.25, 0.3) is 10.9 Å². The van der Waals surface area contributed by atoms with E-state index in [1.807, 2.05) is 6.07 Å². The van der Waals surface area contributed by atoms with Gasteiger partial charge in [-0.3, -0.25) is 14.7 Å². The highest BCUT2D eigenvalue weighted by atomic mass is 32.2. The first-order valence-electron chi connectivity index (χ1n) is 11.3. The van der Waals surface area contributed by atoms with Crippen molar-refractivity contribution in [1.82, 2.24) is 13.9 Å². The fourth-order valence-electron chi connectivity index (χ4n) is 3.99. The van der Waals surface area contributed by atoms with Gasteiger partial charge in [0, 0.05) is 40.9 Å². The molecule has 0 spiro atoms. The van der Waals surface area contributed by atoms with Crippen molar-refractivity contribution >= 4 is 44.6 Å². The van der Waals surface area contributed by atoms with Crippen LogP contribution in [0.15, 0.2) is 55.0 Å². The molecule has 10 heteroatoms. The maximum Gasteiger partial charge on any atom is 0.412 e. The maximum atomic E-state index is 13.9. The van der Waals surface area contributed by atoms with Crippen LogP contribution in [0.5, 0.6) is 0 Å². The molecule has 1 saturated heterocycles. The lowest BCUT2D eigenvalue weighted by Gasteiger charge is -2.31. The Balaban J connectivity index is 1.80. The van der Waals surface area contributed by atoms with Gasteiger partial charge in [-0.15, -0.1) is 11.8 Å². The number of carbonyl (C=O) groups is 2. The molecule has 0 N–H and O–H groups in total. The Bertz CT molecular complexity index is 1360. The molecule has 0 aliphatic carbocycles. The largest absolute Gasteiger partial charge is 0.444 e. The Morgan fingerprint density at radius 3 is 2.49 bits per heavy atom. The number of pyridine rings is 1. The summed E-state index contributed by atoms with van der Waals surface area (Å²) < 4.78 is 32.9. The predicted molar refractivity (Wildman–Crippen MR) is 137 cm³/mol. The van der Waals surface area contributed by atoms with Gasteiger partial charge in [0.05, 0.1) is 10.8 Å². The molecule has 3 heterocycles. The molecular formula is C25H29N3O5S2. The van der Waals surface area contributed by atoms with Crippen molar-refractivity contribution in [2.45, 2.75) is 56.9 Å². The van der Waals surface area contributed by atoms with E-state index in [-0.39, 0.29) is 11.3 Å². The minimum atomic E-state index is -3.70. The van der Waals surface area contributed by atoms with Crippen molar-refractivity contribution in [3.63, 3.8) is 0 Å². The molecule has 0 saturated carbocycles. The molecule has 8 nitrogen and oxygen atoms in total. The van der Waals surface area contributed by atoms with Gasteiger partial charge >= 0.3 is 6.09 Å². The average Bonchev–Trinajstić information content (AvgIpc) is 3.41. The number of hydrogen-bond donors (Lipinski definition) is 0. The van der Waals surface area contributed by atoms with Crippen LogP contribution < -0.4 is 0 Å². The fourth-order valence-corrected chi connectivity index (χ4v) is 6.53. The van der Waals surface area contributed by atoms with E-state index in [0.717, 1.165) is 5.56 Å². The van der Waals surface area contributed by atoms with Gasteiger partial charge in [-0.1, -0.05) is 24.3 Å². The third-order valence-corrected chi connectivity index (χ3v) is 9.06. The van der Waals surface area contributed by atoms with E-state index in [4.69, 9.17) is 4.74 Å². The average molecular weight is 516 g/mol. The molecular weight excluding hydrogens is 486 g/mol. The van der Waals surface area contributed by atoms with E-state index in [0.29, 0.717) is 16.7 Å². The molecule has 1 amide bonds. The smallest absolute Gasteiger partial charge is 0.412 e. The van der Waals surface area contributed by atoms with Crippen molar-refractivity contribution in [1.29, 1.82) is 0 Å². The van der Waals surface area contributed by atoms with E-state index in [1.54, 1.807) is 77.3 Å². The first-order valence-corrected chi connectivity index (χ1v) is 13.9. The first-order chi connectivity index (χ1) is 16.4. The molecule has 1 aliphatic heterocycles. The van der Waals surface area contributed by atoms with Crippen LogP contribution in [0, 0.1) is 0 Å². The van der Waals surface area contributed by atoms with Crippen LogP contribution in [-0.4, -0.2) is 56.8 Å². The summed E-state index contributed by atoms with van der Waals surface area (Å²) in [5.74, 6) is 0.0114. The van der Waals surface area contributed by atoms with Crippen molar-refractivity contribution in [2.75, 3.05) is 5.75 Å². The van der Waals surface area contributed by atoms with Crippen molar-refractivity contribution in [2.24, 2.45) is 0 Å². The topological polar surface area (TPSA) is 98.6 Å². The number of rotatable bonds is 5. The molecule has 35 heavy (non-hydrogen) atoms. The Kier molecular flexibility index (Phi) is 6.72. The van der Waals surface area contributed by atoms with E-state index in [1.165, 1.54) is 26.8 Å². The molecule has 4 rings (SSSR count). The number of ether oxygens (including phenoxy) is 1. The highest BCUT2D eigenvalue weighted by Crippen LogP contribution is 2.43. The van der Waals surface area contributed by atoms with Crippen molar-refractivity contribution in [3.8, 4) is 0 Å². The van der Waals surface area contributed by atoms with Gasteiger partial charge in [-0.25, -0.2) is 17.2 Å². The zero-order valence-electron chi connectivity index (χ0n) is 20.3. The summed E-state index contributed by atoms with van der Waals surface area (Å²) in [6.45, 7) is 8.52. The van der Waals surface area contributed by atoms with Crippen LogP contribution >= 0.6 is 11.8 Å². The van der Waals surface area contributed by atoms with Crippen LogP contribution in [-0.2, 0) is 14.8 Å². The van der Waals surface area contributed by atoms with Gasteiger partial charge in [0.2, 0.25) is 10.0 Å². The van der Waals surface area contributed by atoms with E-state index < -0.39 is 38.4 Å². The number of Topliss-reactive ketones (excluding diaryl/α,β-unsaturated/α-hetero) is 1. The summed E-state index contributed by atoms with van der Waals surface area (Å²) in [6, 6.07) is 9.71. The number of fused-ring (bicyclic) bond motifs is 1. The van der Waals surface area contributed by atoms with Crippen LogP contribution in [0.2, 0.25) is 0 Å². The number of para-hydroxylation sites is 1. The number of hydrogen-bond acceptors (Lipinski definition) is 7. The van der Waals surface area contributed by atoms with Crippen LogP contribution in [0.4, 0.5) is 4.79 Å². The van der Waals surface area contributed by atoms with Crippen LogP contribution in [0.1, 0.15) is 55.9 Å². The Morgan fingerprint density at radius 1 is 1.14 bits per heavy atom. The third kappa shape index (κ3) is 4.81. The second-order valence-electron chi connectivity index (χ2n) is 9.69. The number of nitrogens with zero attached hydrogens (tertiary/aromatic N) is 3. The Morgan fingerprint density at radius 2 is 1.86 bits per heavy atom. The summed E-state index contributed by atoms with van der Waals surface area (Å²) in [4.78, 5) is 32.9. The van der Waals surface area contributed by atoms with Gasteiger partial charge in [-0.05, 0) is 46.8 Å². The zero-order valence-corrected chi connectivity index (χ0v) is 22.0. The van der Waals surface area contributed by atoms with Gasteiger partial charge in [0.1, 0.15) is 17.0 Å². The number of thioether (sulfide) groups is 1. The summed E-state index contributed by atoms with van der Waals surface area (Å²) in [7, 11) is -3.70. The Hall–Kier alpha value is -2.85. The number of benzene rings is 1. The van der Waals surface area contributed by atoms with Gasteiger partial charge in [0.15, 0.2) is 5.78 Å². The lowest BCUT2D eigenvalue weighted by Crippen LogP contribution is -2.45. The van der Waals surface area contributed by atoms with E-state index in [9.17, 15) is 18.0 Å². The van der Waals surface area contributed by atoms with Gasteiger partial charge in [-0.2, -0.15) is 0 Å². The predicted octanol–water partition coefficient (Wildman–Crippen LogP) is 4.86. The van der Waals surface area contributed by atoms with Crippen molar-refractivity contribution in [3.05, 3.63) is 66.1 Å². The third-order valence-electron chi connectivity index (χ3n) is 5.69. The first kappa shape index (κ1) is 25.2. The quantitative estimate of drug-likeness (QED) is 0.448. The lowest BCUT2D eigenvalue weighted by atomic mass is 10.0. The fraction of sp³-hybridized carbons (Fsp3) is 0.400. The standard InChI is InChI=1S/C25H29N3O5S2/c1-16(2)35(31,32)27-14-19(18-10-6-7-11-20(18)27)22(29)21-15-34-23(17-9-8-12-26-13-17)28(21)24(30)33-25(3,4)5/h6-14,16,21,23H,15H2,1-5H3/t21-,23?/m0/s1. The second kappa shape index (κ2) is 9.31. The minimum Gasteiger partial charge on any atom is -0.444 e. The number of aromatic nitrogens is 2. The van der Waals surface area contributed by atoms with Gasteiger partial charge in [0.25, 0.3) is 0 Å². The zero-order chi connectivity index (χ0) is 25.5. The maximum absolute atomic E-state index is 13.9. The number of amides is 1. The van der Waals surface area contributed by atoms with E-state index in [2.05, 4.69) is 4.98 Å². The molecule has 1 unspecified atom stereocenters. The highest BCUT2D eigenvalue weighted by Gasteiger charge is 2.45. The molecule has 3 aromatic rings. The molecule has 2 atom stereocenters. The molecule has 186 valence electrons. The molecule has 1 aromatic carbocycles. The molecule has 0 bridgehead atoms. The second-order valence-corrected chi connectivity index (χ2v) is 13.2. The monoisotopic (exact) mass is 515 g/mol. The summed E-state index contributed by atoms with van der Waals surface area (Å²) in [5, 5.41) is -0.600. The van der Waals surface area contributed by atoms with Crippen LogP contribution in [0.3, 0.4) is 0 Å². The number of carbonyl (C=O) groups excluding carboxylic acids is 2. The van der Waals surface area contributed by atoms with Gasteiger partial charge < -0.3 is 4.74 Å². The summed E-state index contributed by atoms with van der Waals surface area (Å²) in [6.07, 6.45) is 4.10. The molecule has 2 aromatic heterocycles. The summed E-state index contributed by atoms with van der Waals surface area (Å²) >= 11 is 1.45. The molecule has 1 aliphatic rings. The SMILES string of the molecule is CC(C)S(=O)(=O)n1cc(C(=O)[C@@H]2CSC(c3cccnc3)N2C(=O)OC(C)(C)C)c2ccccc21.